The molecular formula is C21H21ClN4O3S. The van der Waals surface area contributed by atoms with E-state index in [4.69, 9.17) is 16.3 Å². The standard InChI is InChI=1S/C21H21ClN4O3S/c1-3-29-17-10-8-16(9-11-17)23-20(28)18-12-19(27)24-21(30-18)26-25-13(2)14-4-6-15(22)7-5-14/h4-11,18H,3,12H2,1-2H3,(H,23,28)(H,24,26,27)/b25-13-/t18-/m0/s1. The number of amides is 2. The van der Waals surface area contributed by atoms with Crippen LogP contribution in [0.3, 0.4) is 0 Å². The third kappa shape index (κ3) is 6.08. The molecule has 2 N–H and O–H groups in total. The zero-order valence-corrected chi connectivity index (χ0v) is 18.1. The van der Waals surface area contributed by atoms with Crippen LogP contribution in [0.15, 0.2) is 58.7 Å². The molecule has 2 aromatic rings. The van der Waals surface area contributed by atoms with Crippen molar-refractivity contribution in [3.63, 3.8) is 0 Å². The normalized spacial score (nSPS) is 18.1. The summed E-state index contributed by atoms with van der Waals surface area (Å²) in [6.45, 7) is 4.28. The van der Waals surface area contributed by atoms with E-state index in [-0.39, 0.29) is 23.4 Å². The highest BCUT2D eigenvalue weighted by molar-refractivity contribution is 8.15. The zero-order chi connectivity index (χ0) is 21.5. The molecule has 0 aromatic heterocycles. The van der Waals surface area contributed by atoms with Crippen LogP contribution >= 0.6 is 23.4 Å². The first-order valence-corrected chi connectivity index (χ1v) is 10.6. The maximum absolute atomic E-state index is 12.6. The second-order valence-corrected chi connectivity index (χ2v) is 8.03. The minimum atomic E-state index is -0.602. The molecule has 30 heavy (non-hydrogen) atoms. The molecule has 0 bridgehead atoms. The maximum atomic E-state index is 12.6. The van der Waals surface area contributed by atoms with Gasteiger partial charge in [0.15, 0.2) is 5.17 Å². The number of ether oxygens (including phenoxy) is 1. The van der Waals surface area contributed by atoms with Crippen LogP contribution in [0.1, 0.15) is 25.8 Å². The fourth-order valence-corrected chi connectivity index (χ4v) is 3.69. The van der Waals surface area contributed by atoms with Gasteiger partial charge < -0.3 is 15.4 Å². The number of nitrogens with one attached hydrogen (secondary N) is 2. The Kier molecular flexibility index (Phi) is 7.48. The Bertz CT molecular complexity index is 975. The molecule has 3 rings (SSSR count). The number of hydrogen-bond acceptors (Lipinski definition) is 6. The second-order valence-electron chi connectivity index (χ2n) is 6.40. The number of rotatable bonds is 6. The smallest absolute Gasteiger partial charge is 0.238 e. The number of carbonyl (C=O) groups excluding carboxylic acids is 2. The Labute approximate surface area is 183 Å². The molecule has 2 aromatic carbocycles. The number of halogens is 1. The van der Waals surface area contributed by atoms with Gasteiger partial charge in [-0.3, -0.25) is 9.59 Å². The van der Waals surface area contributed by atoms with Crippen LogP contribution in [0.25, 0.3) is 0 Å². The van der Waals surface area contributed by atoms with Crippen molar-refractivity contribution < 1.29 is 14.3 Å². The van der Waals surface area contributed by atoms with Crippen LogP contribution < -0.4 is 15.4 Å². The summed E-state index contributed by atoms with van der Waals surface area (Å²) in [5, 5.41) is 14.1. The fraction of sp³-hybridized carbons (Fsp3) is 0.238. The molecule has 0 saturated carbocycles. The SMILES string of the molecule is CCOc1ccc(NC(=O)[C@@H]2CC(=O)N/C(=N/N=C(/C)c3ccc(Cl)cc3)S2)cc1. The summed E-state index contributed by atoms with van der Waals surface area (Å²) in [5.74, 6) is 0.175. The Hall–Kier alpha value is -2.84. The van der Waals surface area contributed by atoms with E-state index in [2.05, 4.69) is 20.8 Å². The topological polar surface area (TPSA) is 92.1 Å². The van der Waals surface area contributed by atoms with Gasteiger partial charge in [0, 0.05) is 17.1 Å². The highest BCUT2D eigenvalue weighted by atomic mass is 35.5. The fourth-order valence-electron chi connectivity index (χ4n) is 2.63. The molecular weight excluding hydrogens is 424 g/mol. The molecule has 1 heterocycles. The Morgan fingerprint density at radius 2 is 1.93 bits per heavy atom. The van der Waals surface area contributed by atoms with E-state index < -0.39 is 5.25 Å². The lowest BCUT2D eigenvalue weighted by atomic mass is 10.1. The molecule has 1 fully saturated rings. The number of benzene rings is 2. The van der Waals surface area contributed by atoms with E-state index in [0.717, 1.165) is 11.3 Å². The molecule has 156 valence electrons. The van der Waals surface area contributed by atoms with Crippen molar-refractivity contribution in [2.24, 2.45) is 10.2 Å². The summed E-state index contributed by atoms with van der Waals surface area (Å²) in [4.78, 5) is 24.7. The Morgan fingerprint density at radius 3 is 2.60 bits per heavy atom. The monoisotopic (exact) mass is 444 g/mol. The quantitative estimate of drug-likeness (QED) is 0.518. The van der Waals surface area contributed by atoms with Crippen molar-refractivity contribution in [1.29, 1.82) is 0 Å². The number of hydrogen-bond donors (Lipinski definition) is 2. The minimum absolute atomic E-state index is 0.0619. The van der Waals surface area contributed by atoms with E-state index in [0.29, 0.717) is 23.0 Å². The molecule has 9 heteroatoms. The molecule has 1 saturated heterocycles. The minimum Gasteiger partial charge on any atom is -0.494 e. The molecule has 1 atom stereocenters. The molecule has 1 aliphatic rings. The van der Waals surface area contributed by atoms with Gasteiger partial charge in [-0.25, -0.2) is 0 Å². The summed E-state index contributed by atoms with van der Waals surface area (Å²) < 4.78 is 5.39. The molecule has 2 amide bonds. The predicted molar refractivity (Wildman–Crippen MR) is 121 cm³/mol. The highest BCUT2D eigenvalue weighted by Crippen LogP contribution is 2.23. The summed E-state index contributed by atoms with van der Waals surface area (Å²) in [7, 11) is 0. The van der Waals surface area contributed by atoms with E-state index in [1.54, 1.807) is 43.3 Å². The Morgan fingerprint density at radius 1 is 1.23 bits per heavy atom. The van der Waals surface area contributed by atoms with Crippen molar-refractivity contribution in [3.05, 3.63) is 59.1 Å². The number of anilines is 1. The van der Waals surface area contributed by atoms with Crippen molar-refractivity contribution in [2.45, 2.75) is 25.5 Å². The van der Waals surface area contributed by atoms with Gasteiger partial charge in [0.05, 0.1) is 12.3 Å². The van der Waals surface area contributed by atoms with Gasteiger partial charge in [-0.1, -0.05) is 35.5 Å². The molecule has 1 aliphatic heterocycles. The molecule has 0 radical (unpaired) electrons. The van der Waals surface area contributed by atoms with Crippen molar-refractivity contribution in [1.82, 2.24) is 5.32 Å². The van der Waals surface area contributed by atoms with E-state index in [1.165, 1.54) is 11.8 Å². The zero-order valence-electron chi connectivity index (χ0n) is 16.5. The van der Waals surface area contributed by atoms with Gasteiger partial charge in [0.25, 0.3) is 0 Å². The van der Waals surface area contributed by atoms with Crippen LogP contribution in [0, 0.1) is 0 Å². The second kappa shape index (κ2) is 10.3. The number of carbonyl (C=O) groups is 2. The lowest BCUT2D eigenvalue weighted by molar-refractivity contribution is -0.123. The van der Waals surface area contributed by atoms with Crippen LogP contribution in [0.5, 0.6) is 5.75 Å². The third-order valence-electron chi connectivity index (χ3n) is 4.15. The lowest BCUT2D eigenvalue weighted by Gasteiger charge is -2.21. The molecule has 0 aliphatic carbocycles. The van der Waals surface area contributed by atoms with Crippen LogP contribution in [0.4, 0.5) is 5.69 Å². The van der Waals surface area contributed by atoms with Gasteiger partial charge in [-0.05, 0) is 55.8 Å². The van der Waals surface area contributed by atoms with Gasteiger partial charge in [0.1, 0.15) is 11.0 Å². The number of nitrogens with zero attached hydrogens (tertiary/aromatic N) is 2. The average Bonchev–Trinajstić information content (AvgIpc) is 2.74. The van der Waals surface area contributed by atoms with Crippen LogP contribution in [-0.4, -0.2) is 34.6 Å². The van der Waals surface area contributed by atoms with Gasteiger partial charge in [-0.2, -0.15) is 5.10 Å². The maximum Gasteiger partial charge on any atom is 0.238 e. The van der Waals surface area contributed by atoms with Crippen molar-refractivity contribution >= 4 is 51.7 Å². The summed E-state index contributed by atoms with van der Waals surface area (Å²) >= 11 is 7.06. The van der Waals surface area contributed by atoms with E-state index >= 15 is 0 Å². The van der Waals surface area contributed by atoms with Crippen molar-refractivity contribution in [2.75, 3.05) is 11.9 Å². The van der Waals surface area contributed by atoms with Gasteiger partial charge in [0.2, 0.25) is 11.8 Å². The summed E-state index contributed by atoms with van der Waals surface area (Å²) in [5.41, 5.74) is 2.15. The van der Waals surface area contributed by atoms with Crippen molar-refractivity contribution in [3.8, 4) is 5.75 Å². The molecule has 7 nitrogen and oxygen atoms in total. The number of amidine groups is 1. The largest absolute Gasteiger partial charge is 0.494 e. The van der Waals surface area contributed by atoms with Crippen LogP contribution in [0.2, 0.25) is 5.02 Å². The van der Waals surface area contributed by atoms with Crippen LogP contribution in [-0.2, 0) is 9.59 Å². The molecule has 0 spiro atoms. The predicted octanol–water partition coefficient (Wildman–Crippen LogP) is 4.08. The third-order valence-corrected chi connectivity index (χ3v) is 5.47. The first-order valence-electron chi connectivity index (χ1n) is 9.33. The Balaban J connectivity index is 1.66. The average molecular weight is 445 g/mol. The van der Waals surface area contributed by atoms with Gasteiger partial charge in [-0.15, -0.1) is 5.10 Å². The number of thioether (sulfide) groups is 1. The summed E-state index contributed by atoms with van der Waals surface area (Å²) in [6.07, 6.45) is 0.0619. The van der Waals surface area contributed by atoms with E-state index in [1.807, 2.05) is 19.1 Å². The first-order chi connectivity index (χ1) is 14.4. The van der Waals surface area contributed by atoms with Gasteiger partial charge >= 0.3 is 0 Å². The summed E-state index contributed by atoms with van der Waals surface area (Å²) in [6, 6.07) is 14.3. The molecule has 0 unspecified atom stereocenters. The van der Waals surface area contributed by atoms with E-state index in [9.17, 15) is 9.59 Å². The lowest BCUT2D eigenvalue weighted by Crippen LogP contribution is -2.41. The highest BCUT2D eigenvalue weighted by Gasteiger charge is 2.30. The first kappa shape index (κ1) is 21.9.